The van der Waals surface area contributed by atoms with E-state index in [0.717, 1.165) is 29.9 Å². The minimum Gasteiger partial charge on any atom is -0.497 e. The van der Waals surface area contributed by atoms with E-state index in [1.165, 1.54) is 7.11 Å². The Morgan fingerprint density at radius 2 is 1.87 bits per heavy atom. The summed E-state index contributed by atoms with van der Waals surface area (Å²) in [6.45, 7) is 0.102. The highest BCUT2D eigenvalue weighted by Gasteiger charge is 2.32. The maximum absolute atomic E-state index is 14.8. The van der Waals surface area contributed by atoms with E-state index in [-0.39, 0.29) is 21.8 Å². The molecule has 0 bridgehead atoms. The molecule has 2 heterocycles. The molecule has 0 aliphatic rings. The van der Waals surface area contributed by atoms with E-state index >= 15 is 0 Å². The van der Waals surface area contributed by atoms with Crippen molar-refractivity contribution in [3.05, 3.63) is 35.2 Å². The lowest BCUT2D eigenvalue weighted by Gasteiger charge is -2.32. The summed E-state index contributed by atoms with van der Waals surface area (Å²) in [5.74, 6) is 2.61. The molecule has 15 heteroatoms. The molecule has 0 saturated carbocycles. The lowest BCUT2D eigenvalue weighted by atomic mass is 10.1. The number of benzene rings is 1. The lowest BCUT2D eigenvalue weighted by molar-refractivity contribution is -0.309. The fourth-order valence-electron chi connectivity index (χ4n) is 2.69. The van der Waals surface area contributed by atoms with Gasteiger partial charge in [0.15, 0.2) is 5.82 Å². The third-order valence-corrected chi connectivity index (χ3v) is 4.19. The van der Waals surface area contributed by atoms with Crippen LogP contribution in [-0.4, -0.2) is 50.0 Å². The van der Waals surface area contributed by atoms with E-state index in [2.05, 4.69) is 15.1 Å². The Hall–Kier alpha value is -2.81. The number of methoxy groups -OCH3 is 1. The van der Waals surface area contributed by atoms with Gasteiger partial charge in [-0.1, -0.05) is 25.7 Å². The van der Waals surface area contributed by atoms with E-state index in [0.29, 0.717) is 0 Å². The van der Waals surface area contributed by atoms with Crippen molar-refractivity contribution in [1.82, 2.24) is 30.2 Å². The van der Waals surface area contributed by atoms with Gasteiger partial charge in [-0.05, 0) is 6.92 Å². The first-order valence-electron chi connectivity index (χ1n) is 8.16. The Bertz CT molecular complexity index is 1040. The summed E-state index contributed by atoms with van der Waals surface area (Å²) in [6.07, 6.45) is -0.766. The number of ether oxygens (including phenoxy) is 1. The molecule has 162 valence electrons. The molecule has 0 amide bonds. The highest BCUT2D eigenvalue weighted by Crippen LogP contribution is 2.40. The molecule has 2 N–H and O–H groups in total. The number of hydrogen-bond acceptors (Lipinski definition) is 8. The average Bonchev–Trinajstić information content (AvgIpc) is 3.12. The van der Waals surface area contributed by atoms with Crippen LogP contribution in [0.25, 0.3) is 16.9 Å². The number of halogens is 6. The van der Waals surface area contributed by atoms with Crippen LogP contribution < -0.4 is 15.7 Å². The van der Waals surface area contributed by atoms with E-state index < -0.39 is 51.9 Å². The Morgan fingerprint density at radius 1 is 1.23 bits per heavy atom. The van der Waals surface area contributed by atoms with Gasteiger partial charge in [-0.25, -0.2) is 24.1 Å². The van der Waals surface area contributed by atoms with Crippen molar-refractivity contribution in [2.75, 3.05) is 18.8 Å². The predicted molar refractivity (Wildman–Crippen MR) is 95.7 cm³/mol. The summed E-state index contributed by atoms with van der Waals surface area (Å²) in [6, 6.07) is 1.70. The Labute approximate surface area is 170 Å². The summed E-state index contributed by atoms with van der Waals surface area (Å²) in [5, 5.41) is 3.49. The largest absolute Gasteiger partial charge is 0.497 e. The zero-order valence-corrected chi connectivity index (χ0v) is 16.2. The van der Waals surface area contributed by atoms with Crippen molar-refractivity contribution < 1.29 is 26.9 Å². The van der Waals surface area contributed by atoms with Crippen LogP contribution in [0, 0.1) is 11.6 Å². The SMILES string of the molecule is COc1cc(F)c(-c2c(Cl)nc3ncnn3c2N(N)N(CC(C)F)N(F)F)c(F)c1. The van der Waals surface area contributed by atoms with Crippen LogP contribution in [0.4, 0.5) is 28.0 Å². The first kappa shape index (κ1) is 21.9. The number of fused-ring (bicyclic) bond motifs is 1. The summed E-state index contributed by atoms with van der Waals surface area (Å²) in [4.78, 5) is 7.63. The second-order valence-electron chi connectivity index (χ2n) is 5.93. The minimum absolute atomic E-state index is 0.0275. The summed E-state index contributed by atoms with van der Waals surface area (Å²) in [7, 11) is 1.20. The molecule has 0 saturated heterocycles. The number of hydrogen-bond donors (Lipinski definition) is 1. The zero-order valence-electron chi connectivity index (χ0n) is 15.4. The second kappa shape index (κ2) is 8.51. The van der Waals surface area contributed by atoms with Crippen LogP contribution in [0.5, 0.6) is 5.75 Å². The third kappa shape index (κ3) is 3.94. The molecule has 30 heavy (non-hydrogen) atoms. The van der Waals surface area contributed by atoms with Gasteiger partial charge < -0.3 is 4.74 Å². The fourth-order valence-corrected chi connectivity index (χ4v) is 2.95. The van der Waals surface area contributed by atoms with Crippen LogP contribution in [0.15, 0.2) is 18.5 Å². The molecule has 0 aliphatic carbocycles. The Morgan fingerprint density at radius 3 is 2.40 bits per heavy atom. The molecule has 3 aromatic rings. The third-order valence-electron chi connectivity index (χ3n) is 3.91. The molecule has 0 spiro atoms. The second-order valence-corrected chi connectivity index (χ2v) is 6.29. The summed E-state index contributed by atoms with van der Waals surface area (Å²) in [5.41, 5.74) is -2.76. The molecule has 3 rings (SSSR count). The van der Waals surface area contributed by atoms with Gasteiger partial charge in [0.1, 0.15) is 40.5 Å². The van der Waals surface area contributed by atoms with Crippen molar-refractivity contribution in [1.29, 1.82) is 0 Å². The molecule has 1 aromatic carbocycles. The van der Waals surface area contributed by atoms with Crippen LogP contribution >= 0.6 is 11.6 Å². The molecule has 9 nitrogen and oxygen atoms in total. The summed E-state index contributed by atoms with van der Waals surface area (Å²) >= 11 is 6.12. The standard InChI is InChI=1S/C15H14ClF5N8O/c1-7(17)5-26(29(20)21)28(22)14-12(13(16)25-15-23-6-24-27(14)15)11-9(18)3-8(30-2)4-10(11)19/h3-4,6-7H,5,22H2,1-2H3. The average molecular weight is 453 g/mol. The van der Waals surface area contributed by atoms with Crippen molar-refractivity contribution in [2.45, 2.75) is 13.1 Å². The number of anilines is 1. The monoisotopic (exact) mass is 452 g/mol. The van der Waals surface area contributed by atoms with Crippen LogP contribution in [0.2, 0.25) is 5.15 Å². The van der Waals surface area contributed by atoms with E-state index in [4.69, 9.17) is 22.2 Å². The maximum Gasteiger partial charge on any atom is 0.255 e. The number of alkyl halides is 1. The number of nitrogens with zero attached hydrogens (tertiary/aromatic N) is 7. The van der Waals surface area contributed by atoms with Gasteiger partial charge in [0.05, 0.1) is 24.8 Å². The molecule has 1 atom stereocenters. The predicted octanol–water partition coefficient (Wildman–Crippen LogP) is 2.97. The first-order valence-corrected chi connectivity index (χ1v) is 8.54. The van der Waals surface area contributed by atoms with Crippen molar-refractivity contribution in [3.63, 3.8) is 0 Å². The lowest BCUT2D eigenvalue weighted by Crippen LogP contribution is -2.54. The molecule has 1 unspecified atom stereocenters. The molecule has 0 radical (unpaired) electrons. The number of aromatic nitrogens is 4. The van der Waals surface area contributed by atoms with Gasteiger partial charge >= 0.3 is 0 Å². The smallest absolute Gasteiger partial charge is 0.255 e. The normalized spacial score (nSPS) is 12.8. The Kier molecular flexibility index (Phi) is 6.21. The molecule has 0 aliphatic heterocycles. The highest BCUT2D eigenvalue weighted by atomic mass is 35.5. The van der Waals surface area contributed by atoms with E-state index in [9.17, 15) is 22.1 Å². The molecular formula is C15H14ClF5N8O. The molecule has 0 fully saturated rings. The highest BCUT2D eigenvalue weighted by molar-refractivity contribution is 6.33. The van der Waals surface area contributed by atoms with Crippen molar-refractivity contribution in [2.24, 2.45) is 5.84 Å². The summed E-state index contributed by atoms with van der Waals surface area (Å²) < 4.78 is 75.5. The van der Waals surface area contributed by atoms with Gasteiger partial charge in [0.2, 0.25) is 0 Å². The number of rotatable bonds is 7. The van der Waals surface area contributed by atoms with Crippen LogP contribution in [0.1, 0.15) is 6.92 Å². The topological polar surface area (TPSA) is 88.0 Å². The van der Waals surface area contributed by atoms with Gasteiger partial charge in [0.25, 0.3) is 5.78 Å². The Balaban J connectivity index is 2.33. The minimum atomic E-state index is -1.76. The van der Waals surface area contributed by atoms with Crippen LogP contribution in [0.3, 0.4) is 0 Å². The van der Waals surface area contributed by atoms with E-state index in [1.807, 2.05) is 0 Å². The van der Waals surface area contributed by atoms with Gasteiger partial charge in [-0.2, -0.15) is 19.6 Å². The van der Waals surface area contributed by atoms with Crippen molar-refractivity contribution >= 4 is 23.2 Å². The van der Waals surface area contributed by atoms with Gasteiger partial charge in [-0.15, -0.1) is 0 Å². The number of hydrazine groups is 3. The first-order chi connectivity index (χ1) is 14.1. The maximum atomic E-state index is 14.8. The van der Waals surface area contributed by atoms with Gasteiger partial charge in [0, 0.05) is 12.1 Å². The van der Waals surface area contributed by atoms with E-state index in [1.54, 1.807) is 0 Å². The fraction of sp³-hybridized carbons (Fsp3) is 0.267. The molecule has 2 aromatic heterocycles. The molecular weight excluding hydrogens is 439 g/mol. The number of nitrogens with two attached hydrogens (primary N) is 1. The quantitative estimate of drug-likeness (QED) is 0.192. The van der Waals surface area contributed by atoms with Crippen LogP contribution in [-0.2, 0) is 0 Å². The zero-order chi connectivity index (χ0) is 22.2. The van der Waals surface area contributed by atoms with Crippen molar-refractivity contribution in [3.8, 4) is 16.9 Å². The van der Waals surface area contributed by atoms with Gasteiger partial charge in [-0.3, -0.25) is 0 Å².